The first-order valence-corrected chi connectivity index (χ1v) is 8.51. The highest BCUT2D eigenvalue weighted by Crippen LogP contribution is 2.32. The first-order valence-electron chi connectivity index (χ1n) is 8.51. The normalized spacial score (nSPS) is 16.9. The second kappa shape index (κ2) is 6.97. The molecular weight excluding hydrogens is 314 g/mol. The van der Waals surface area contributed by atoms with Crippen molar-refractivity contribution in [1.29, 1.82) is 0 Å². The Morgan fingerprint density at radius 2 is 1.80 bits per heavy atom. The Balaban J connectivity index is 1.72. The Morgan fingerprint density at radius 3 is 2.48 bits per heavy atom. The Bertz CT molecular complexity index is 786. The zero-order valence-corrected chi connectivity index (χ0v) is 14.7. The summed E-state index contributed by atoms with van der Waals surface area (Å²) in [6, 6.07) is 15.0. The predicted molar refractivity (Wildman–Crippen MR) is 100 cm³/mol. The largest absolute Gasteiger partial charge is 0.374 e. The third-order valence-corrected chi connectivity index (χ3v) is 4.57. The number of rotatable bonds is 4. The molecule has 25 heavy (non-hydrogen) atoms. The van der Waals surface area contributed by atoms with Gasteiger partial charge in [-0.05, 0) is 56.2 Å². The van der Waals surface area contributed by atoms with Gasteiger partial charge in [-0.2, -0.15) is 0 Å². The van der Waals surface area contributed by atoms with Crippen molar-refractivity contribution in [3.8, 4) is 0 Å². The summed E-state index contributed by atoms with van der Waals surface area (Å²) in [5.41, 5.74) is 3.62. The molecule has 2 aromatic carbocycles. The molecule has 5 heteroatoms. The maximum absolute atomic E-state index is 12.9. The number of hydrogen-bond acceptors (Lipinski definition) is 3. The van der Waals surface area contributed by atoms with Gasteiger partial charge in [0, 0.05) is 30.0 Å². The molecular formula is C20H23N3O2. The molecule has 2 atom stereocenters. The molecule has 0 saturated heterocycles. The van der Waals surface area contributed by atoms with E-state index in [1.807, 2.05) is 42.2 Å². The standard InChI is InChI=1S/C20H23N3O2/c1-13-12-16-6-4-5-7-18(16)23(13)20(25)14(2)22-17-10-8-15(9-11-17)19(24)21-3/h4-11,13-14,22H,12H2,1-3H3,(H,21,24). The fourth-order valence-corrected chi connectivity index (χ4v) is 3.28. The third-order valence-electron chi connectivity index (χ3n) is 4.57. The highest BCUT2D eigenvalue weighted by Gasteiger charge is 2.32. The van der Waals surface area contributed by atoms with Crippen LogP contribution in [0.25, 0.3) is 0 Å². The van der Waals surface area contributed by atoms with E-state index in [2.05, 4.69) is 23.6 Å². The zero-order valence-electron chi connectivity index (χ0n) is 14.7. The van der Waals surface area contributed by atoms with Gasteiger partial charge in [-0.1, -0.05) is 18.2 Å². The molecule has 1 heterocycles. The highest BCUT2D eigenvalue weighted by molar-refractivity contribution is 6.01. The molecule has 0 aliphatic carbocycles. The van der Waals surface area contributed by atoms with E-state index in [-0.39, 0.29) is 23.9 Å². The van der Waals surface area contributed by atoms with E-state index < -0.39 is 0 Å². The van der Waals surface area contributed by atoms with Crippen molar-refractivity contribution in [2.24, 2.45) is 0 Å². The van der Waals surface area contributed by atoms with Gasteiger partial charge < -0.3 is 15.5 Å². The molecule has 0 fully saturated rings. The average Bonchev–Trinajstić information content (AvgIpc) is 2.96. The summed E-state index contributed by atoms with van der Waals surface area (Å²) in [6.45, 7) is 3.94. The minimum absolute atomic E-state index is 0.0489. The van der Waals surface area contributed by atoms with Crippen LogP contribution in [0, 0.1) is 0 Å². The van der Waals surface area contributed by atoms with Gasteiger partial charge in [-0.3, -0.25) is 9.59 Å². The van der Waals surface area contributed by atoms with E-state index in [0.717, 1.165) is 17.8 Å². The van der Waals surface area contributed by atoms with Crippen molar-refractivity contribution in [2.45, 2.75) is 32.4 Å². The van der Waals surface area contributed by atoms with Gasteiger partial charge in [0.15, 0.2) is 0 Å². The van der Waals surface area contributed by atoms with Gasteiger partial charge >= 0.3 is 0 Å². The number of benzene rings is 2. The van der Waals surface area contributed by atoms with E-state index in [9.17, 15) is 9.59 Å². The molecule has 0 bridgehead atoms. The van der Waals surface area contributed by atoms with Crippen LogP contribution in [0.2, 0.25) is 0 Å². The van der Waals surface area contributed by atoms with Crippen LogP contribution in [0.3, 0.4) is 0 Å². The van der Waals surface area contributed by atoms with E-state index in [0.29, 0.717) is 5.56 Å². The van der Waals surface area contributed by atoms with Crippen molar-refractivity contribution < 1.29 is 9.59 Å². The summed E-state index contributed by atoms with van der Waals surface area (Å²) in [4.78, 5) is 26.4. The van der Waals surface area contributed by atoms with Gasteiger partial charge in [0.2, 0.25) is 5.91 Å². The molecule has 1 aliphatic heterocycles. The summed E-state index contributed by atoms with van der Waals surface area (Å²) in [5.74, 6) is -0.0778. The highest BCUT2D eigenvalue weighted by atomic mass is 16.2. The fraction of sp³-hybridized carbons (Fsp3) is 0.300. The van der Waals surface area contributed by atoms with E-state index in [1.54, 1.807) is 19.2 Å². The minimum Gasteiger partial charge on any atom is -0.374 e. The molecule has 5 nitrogen and oxygen atoms in total. The quantitative estimate of drug-likeness (QED) is 0.902. The first kappa shape index (κ1) is 17.0. The molecule has 2 amide bonds. The SMILES string of the molecule is CNC(=O)c1ccc(NC(C)C(=O)N2c3ccccc3CC2C)cc1. The van der Waals surface area contributed by atoms with Crippen molar-refractivity contribution in [3.05, 3.63) is 59.7 Å². The number of nitrogens with zero attached hydrogens (tertiary/aromatic N) is 1. The van der Waals surface area contributed by atoms with E-state index in [1.165, 1.54) is 5.56 Å². The summed E-state index contributed by atoms with van der Waals surface area (Å²) in [7, 11) is 1.60. The van der Waals surface area contributed by atoms with Crippen LogP contribution in [-0.2, 0) is 11.2 Å². The van der Waals surface area contributed by atoms with Crippen LogP contribution in [0.1, 0.15) is 29.8 Å². The summed E-state index contributed by atoms with van der Waals surface area (Å²) in [6.07, 6.45) is 0.884. The maximum Gasteiger partial charge on any atom is 0.251 e. The summed E-state index contributed by atoms with van der Waals surface area (Å²) in [5, 5.41) is 5.82. The third kappa shape index (κ3) is 3.36. The zero-order chi connectivity index (χ0) is 18.0. The molecule has 2 N–H and O–H groups in total. The van der Waals surface area contributed by atoms with Gasteiger partial charge in [-0.25, -0.2) is 0 Å². The van der Waals surface area contributed by atoms with Crippen LogP contribution in [-0.4, -0.2) is 30.9 Å². The van der Waals surface area contributed by atoms with Gasteiger partial charge in [-0.15, -0.1) is 0 Å². The topological polar surface area (TPSA) is 61.4 Å². The molecule has 0 radical (unpaired) electrons. The Labute approximate surface area is 148 Å². The van der Waals surface area contributed by atoms with Gasteiger partial charge in [0.25, 0.3) is 5.91 Å². The van der Waals surface area contributed by atoms with Gasteiger partial charge in [0.1, 0.15) is 6.04 Å². The molecule has 2 unspecified atom stereocenters. The van der Waals surface area contributed by atoms with Crippen LogP contribution in [0.15, 0.2) is 48.5 Å². The smallest absolute Gasteiger partial charge is 0.251 e. The number of fused-ring (bicyclic) bond motifs is 1. The van der Waals surface area contributed by atoms with E-state index >= 15 is 0 Å². The van der Waals surface area contributed by atoms with Crippen LogP contribution in [0.5, 0.6) is 0 Å². The fourth-order valence-electron chi connectivity index (χ4n) is 3.28. The minimum atomic E-state index is -0.362. The Kier molecular flexibility index (Phi) is 4.74. The number of anilines is 2. The lowest BCUT2D eigenvalue weighted by Crippen LogP contribution is -2.44. The number of nitrogens with one attached hydrogen (secondary N) is 2. The van der Waals surface area contributed by atoms with Crippen LogP contribution < -0.4 is 15.5 Å². The Morgan fingerprint density at radius 1 is 1.12 bits per heavy atom. The maximum atomic E-state index is 12.9. The van der Waals surface area contributed by atoms with Crippen molar-refractivity contribution in [3.63, 3.8) is 0 Å². The molecule has 1 aliphatic rings. The average molecular weight is 337 g/mol. The summed E-state index contributed by atoms with van der Waals surface area (Å²) >= 11 is 0. The number of amides is 2. The molecule has 0 aromatic heterocycles. The number of carbonyl (C=O) groups excluding carboxylic acids is 2. The lowest BCUT2D eigenvalue weighted by atomic mass is 10.1. The van der Waals surface area contributed by atoms with Crippen molar-refractivity contribution in [2.75, 3.05) is 17.3 Å². The van der Waals surface area contributed by atoms with Crippen LogP contribution >= 0.6 is 0 Å². The number of carbonyl (C=O) groups is 2. The molecule has 130 valence electrons. The van der Waals surface area contributed by atoms with Crippen molar-refractivity contribution >= 4 is 23.2 Å². The summed E-state index contributed by atoms with van der Waals surface area (Å²) < 4.78 is 0. The molecule has 0 saturated carbocycles. The first-order chi connectivity index (χ1) is 12.0. The second-order valence-corrected chi connectivity index (χ2v) is 6.41. The second-order valence-electron chi connectivity index (χ2n) is 6.41. The monoisotopic (exact) mass is 337 g/mol. The molecule has 2 aromatic rings. The Hall–Kier alpha value is -2.82. The number of hydrogen-bond donors (Lipinski definition) is 2. The van der Waals surface area contributed by atoms with Crippen LogP contribution in [0.4, 0.5) is 11.4 Å². The molecule has 0 spiro atoms. The van der Waals surface area contributed by atoms with E-state index in [4.69, 9.17) is 0 Å². The molecule has 3 rings (SSSR count). The lowest BCUT2D eigenvalue weighted by molar-refractivity contribution is -0.119. The van der Waals surface area contributed by atoms with Gasteiger partial charge in [0.05, 0.1) is 0 Å². The van der Waals surface area contributed by atoms with Crippen molar-refractivity contribution in [1.82, 2.24) is 5.32 Å². The number of para-hydroxylation sites is 1. The lowest BCUT2D eigenvalue weighted by Gasteiger charge is -2.27. The predicted octanol–water partition coefficient (Wildman–Crippen LogP) is 2.82.